The molecule has 0 aliphatic heterocycles. The topological polar surface area (TPSA) is 98.7 Å². The standard InChI is InChI=1S/C10H19N3O4/c1-3-5-13(7-9(15)16)6-4-8(14)12-10(17)11-2/h3-7H2,1-2H3,(H,15,16)(H2,11,12,14,17). The Morgan fingerprint density at radius 3 is 2.35 bits per heavy atom. The third-order valence-electron chi connectivity index (χ3n) is 2.03. The molecule has 0 aromatic rings. The average Bonchev–Trinajstić information content (AvgIpc) is 2.25. The van der Waals surface area contributed by atoms with Gasteiger partial charge in [0.05, 0.1) is 6.54 Å². The minimum Gasteiger partial charge on any atom is -0.480 e. The number of nitrogens with one attached hydrogen (secondary N) is 2. The number of carboxylic acid groups (broad SMARTS) is 1. The fourth-order valence-electron chi connectivity index (χ4n) is 1.29. The highest BCUT2D eigenvalue weighted by atomic mass is 16.4. The largest absolute Gasteiger partial charge is 0.480 e. The summed E-state index contributed by atoms with van der Waals surface area (Å²) in [5, 5.41) is 13.0. The molecule has 0 rings (SSSR count). The van der Waals surface area contributed by atoms with Gasteiger partial charge in [0.2, 0.25) is 5.91 Å². The number of nitrogens with zero attached hydrogens (tertiary/aromatic N) is 1. The van der Waals surface area contributed by atoms with Crippen LogP contribution in [0.25, 0.3) is 0 Å². The van der Waals surface area contributed by atoms with Gasteiger partial charge in [0.15, 0.2) is 0 Å². The van der Waals surface area contributed by atoms with Crippen LogP contribution in [0.5, 0.6) is 0 Å². The van der Waals surface area contributed by atoms with Gasteiger partial charge in [0, 0.05) is 20.0 Å². The van der Waals surface area contributed by atoms with Gasteiger partial charge in [-0.25, -0.2) is 4.79 Å². The Morgan fingerprint density at radius 1 is 1.24 bits per heavy atom. The lowest BCUT2D eigenvalue weighted by Crippen LogP contribution is -2.40. The molecule has 0 spiro atoms. The summed E-state index contributed by atoms with van der Waals surface area (Å²) < 4.78 is 0. The van der Waals surface area contributed by atoms with E-state index in [-0.39, 0.29) is 13.0 Å². The maximum Gasteiger partial charge on any atom is 0.321 e. The molecule has 0 unspecified atom stereocenters. The molecule has 3 amide bonds. The van der Waals surface area contributed by atoms with Crippen molar-refractivity contribution in [2.75, 3.05) is 26.7 Å². The summed E-state index contributed by atoms with van der Waals surface area (Å²) in [6.45, 7) is 2.77. The minimum absolute atomic E-state index is 0.0961. The van der Waals surface area contributed by atoms with Crippen LogP contribution in [0.15, 0.2) is 0 Å². The molecule has 0 aliphatic carbocycles. The first-order valence-electron chi connectivity index (χ1n) is 5.45. The number of urea groups is 1. The highest BCUT2D eigenvalue weighted by molar-refractivity contribution is 5.94. The zero-order chi connectivity index (χ0) is 13.3. The number of aliphatic carboxylic acids is 1. The van der Waals surface area contributed by atoms with Crippen LogP contribution >= 0.6 is 0 Å². The normalized spacial score (nSPS) is 10.1. The summed E-state index contributed by atoms with van der Waals surface area (Å²) in [7, 11) is 1.41. The first-order chi connectivity index (χ1) is 7.99. The number of carboxylic acids is 1. The molecule has 0 fully saturated rings. The van der Waals surface area contributed by atoms with Crippen molar-refractivity contribution in [1.29, 1.82) is 0 Å². The third kappa shape index (κ3) is 8.21. The van der Waals surface area contributed by atoms with Crippen LogP contribution in [0.3, 0.4) is 0 Å². The Bertz CT molecular complexity index is 281. The molecule has 0 atom stereocenters. The summed E-state index contributed by atoms with van der Waals surface area (Å²) in [6, 6.07) is -0.560. The number of rotatable bonds is 7. The Morgan fingerprint density at radius 2 is 1.88 bits per heavy atom. The summed E-state index contributed by atoms with van der Waals surface area (Å²) in [5.74, 6) is -1.35. The molecule has 7 heteroatoms. The Labute approximate surface area is 100 Å². The number of carbonyl (C=O) groups is 3. The number of amides is 3. The molecule has 17 heavy (non-hydrogen) atoms. The van der Waals surface area contributed by atoms with E-state index in [0.29, 0.717) is 13.1 Å². The van der Waals surface area contributed by atoms with Crippen LogP contribution in [0.1, 0.15) is 19.8 Å². The summed E-state index contributed by atoms with van der Waals surface area (Å²) in [5.41, 5.74) is 0. The third-order valence-corrected chi connectivity index (χ3v) is 2.03. The van der Waals surface area contributed by atoms with E-state index in [2.05, 4.69) is 10.6 Å². The number of carbonyl (C=O) groups excluding carboxylic acids is 2. The highest BCUT2D eigenvalue weighted by Crippen LogP contribution is 1.94. The second-order valence-corrected chi connectivity index (χ2v) is 3.55. The van der Waals surface area contributed by atoms with E-state index in [1.807, 2.05) is 6.92 Å². The van der Waals surface area contributed by atoms with Gasteiger partial charge >= 0.3 is 12.0 Å². The lowest BCUT2D eigenvalue weighted by Gasteiger charge is -2.18. The van der Waals surface area contributed by atoms with Gasteiger partial charge in [0.1, 0.15) is 0 Å². The minimum atomic E-state index is -0.926. The molecular weight excluding hydrogens is 226 g/mol. The van der Waals surface area contributed by atoms with Crippen molar-refractivity contribution < 1.29 is 19.5 Å². The predicted molar refractivity (Wildman–Crippen MR) is 61.6 cm³/mol. The lowest BCUT2D eigenvalue weighted by molar-refractivity contribution is -0.138. The first kappa shape index (κ1) is 15.4. The van der Waals surface area contributed by atoms with Crippen LogP contribution in [-0.2, 0) is 9.59 Å². The van der Waals surface area contributed by atoms with E-state index in [4.69, 9.17) is 5.11 Å². The Hall–Kier alpha value is -1.63. The van der Waals surface area contributed by atoms with Crippen LogP contribution in [-0.4, -0.2) is 54.6 Å². The molecule has 0 saturated heterocycles. The Kier molecular flexibility index (Phi) is 7.70. The number of imide groups is 1. The second kappa shape index (κ2) is 8.51. The summed E-state index contributed by atoms with van der Waals surface area (Å²) in [6.07, 6.45) is 0.908. The van der Waals surface area contributed by atoms with E-state index in [9.17, 15) is 14.4 Å². The zero-order valence-corrected chi connectivity index (χ0v) is 10.2. The maximum absolute atomic E-state index is 11.3. The van der Waals surface area contributed by atoms with Gasteiger partial charge in [-0.2, -0.15) is 0 Å². The first-order valence-corrected chi connectivity index (χ1v) is 5.45. The van der Waals surface area contributed by atoms with Crippen molar-refractivity contribution in [3.05, 3.63) is 0 Å². The van der Waals surface area contributed by atoms with Gasteiger partial charge < -0.3 is 10.4 Å². The van der Waals surface area contributed by atoms with Crippen LogP contribution in [0.4, 0.5) is 4.79 Å². The molecular formula is C10H19N3O4. The van der Waals surface area contributed by atoms with Crippen molar-refractivity contribution in [3.8, 4) is 0 Å². The molecule has 98 valence electrons. The van der Waals surface area contributed by atoms with Gasteiger partial charge in [-0.3, -0.25) is 19.8 Å². The molecule has 0 heterocycles. The lowest BCUT2D eigenvalue weighted by atomic mass is 10.3. The summed E-state index contributed by atoms with van der Waals surface area (Å²) in [4.78, 5) is 34.3. The van der Waals surface area contributed by atoms with Crippen LogP contribution in [0, 0.1) is 0 Å². The quantitative estimate of drug-likeness (QED) is 0.568. The van der Waals surface area contributed by atoms with E-state index in [1.54, 1.807) is 4.90 Å². The average molecular weight is 245 g/mol. The molecule has 7 nitrogen and oxygen atoms in total. The van der Waals surface area contributed by atoms with Crippen molar-refractivity contribution in [2.24, 2.45) is 0 Å². The van der Waals surface area contributed by atoms with Crippen molar-refractivity contribution in [2.45, 2.75) is 19.8 Å². The molecule has 0 aromatic heterocycles. The fourth-order valence-corrected chi connectivity index (χ4v) is 1.29. The van der Waals surface area contributed by atoms with Crippen molar-refractivity contribution in [1.82, 2.24) is 15.5 Å². The van der Waals surface area contributed by atoms with E-state index in [0.717, 1.165) is 6.42 Å². The highest BCUT2D eigenvalue weighted by Gasteiger charge is 2.12. The second-order valence-electron chi connectivity index (χ2n) is 3.55. The van der Waals surface area contributed by atoms with Gasteiger partial charge in [-0.05, 0) is 13.0 Å². The molecule has 3 N–H and O–H groups in total. The molecule has 0 saturated carbocycles. The van der Waals surface area contributed by atoms with Crippen molar-refractivity contribution >= 4 is 17.9 Å². The number of hydrogen-bond acceptors (Lipinski definition) is 4. The Balaban J connectivity index is 3.98. The van der Waals surface area contributed by atoms with E-state index < -0.39 is 17.9 Å². The molecule has 0 bridgehead atoms. The van der Waals surface area contributed by atoms with Gasteiger partial charge in [-0.1, -0.05) is 6.92 Å². The molecule has 0 radical (unpaired) electrons. The predicted octanol–water partition coefficient (Wildman–Crippen LogP) is -0.371. The van der Waals surface area contributed by atoms with E-state index >= 15 is 0 Å². The molecule has 0 aliphatic rings. The van der Waals surface area contributed by atoms with Gasteiger partial charge in [0.25, 0.3) is 0 Å². The monoisotopic (exact) mass is 245 g/mol. The van der Waals surface area contributed by atoms with E-state index in [1.165, 1.54) is 7.05 Å². The molecule has 0 aromatic carbocycles. The van der Waals surface area contributed by atoms with Crippen molar-refractivity contribution in [3.63, 3.8) is 0 Å². The fraction of sp³-hybridized carbons (Fsp3) is 0.700. The maximum atomic E-state index is 11.3. The SMILES string of the molecule is CCCN(CCC(=O)NC(=O)NC)CC(=O)O. The number of hydrogen-bond donors (Lipinski definition) is 3. The smallest absolute Gasteiger partial charge is 0.321 e. The zero-order valence-electron chi connectivity index (χ0n) is 10.2. The van der Waals surface area contributed by atoms with Crippen LogP contribution < -0.4 is 10.6 Å². The van der Waals surface area contributed by atoms with Crippen LogP contribution in [0.2, 0.25) is 0 Å². The summed E-state index contributed by atoms with van der Waals surface area (Å²) >= 11 is 0. The van der Waals surface area contributed by atoms with Gasteiger partial charge in [-0.15, -0.1) is 0 Å².